The molecule has 0 aliphatic carbocycles. The van der Waals surface area contributed by atoms with Gasteiger partial charge in [0.25, 0.3) is 5.78 Å². The van der Waals surface area contributed by atoms with Crippen molar-refractivity contribution < 1.29 is 33.9 Å². The van der Waals surface area contributed by atoms with Gasteiger partial charge in [0.1, 0.15) is 0 Å². The van der Waals surface area contributed by atoms with Crippen molar-refractivity contribution in [3.05, 3.63) is 0 Å². The molecule has 0 N–H and O–H groups in total. The predicted octanol–water partition coefficient (Wildman–Crippen LogP) is 0.511. The second-order valence-corrected chi connectivity index (χ2v) is 2.06. The Balaban J connectivity index is 0. The first-order valence-electron chi connectivity index (χ1n) is 3.17. The summed E-state index contributed by atoms with van der Waals surface area (Å²) in [5, 5.41) is 0. The van der Waals surface area contributed by atoms with Gasteiger partial charge in [0.15, 0.2) is 0 Å². The van der Waals surface area contributed by atoms with E-state index < -0.39 is 17.3 Å². The van der Waals surface area contributed by atoms with E-state index in [0.29, 0.717) is 6.42 Å². The van der Waals surface area contributed by atoms with Crippen molar-refractivity contribution in [1.29, 1.82) is 0 Å². The van der Waals surface area contributed by atoms with Gasteiger partial charge in [-0.25, -0.2) is 0 Å². The maximum Gasteiger partial charge on any atom is 0.263 e. The van der Waals surface area contributed by atoms with Crippen molar-refractivity contribution in [2.75, 3.05) is 0 Å². The molecular weight excluding hydrogens is 235 g/mol. The molecule has 0 aliphatic heterocycles. The van der Waals surface area contributed by atoms with Gasteiger partial charge in [-0.05, 0) is 6.42 Å². The van der Waals surface area contributed by atoms with Crippen LogP contribution in [0.4, 0.5) is 0 Å². The Kier molecular flexibility index (Phi) is 7.64. The number of hydrogen-bond donors (Lipinski definition) is 0. The van der Waals surface area contributed by atoms with E-state index in [1.165, 1.54) is 0 Å². The normalized spacial score (nSPS) is 8.18. The number of ketones is 3. The molecule has 65 valence electrons. The molecule has 0 atom stereocenters. The molecule has 0 amide bonds. The zero-order valence-corrected chi connectivity index (χ0v) is 8.11. The van der Waals surface area contributed by atoms with Gasteiger partial charge in [-0.1, -0.05) is 6.92 Å². The molecular formula is C7H10O3Rh. The molecule has 0 aromatic heterocycles. The van der Waals surface area contributed by atoms with Gasteiger partial charge < -0.3 is 0 Å². The average Bonchev–Trinajstić information content (AvgIpc) is 1.87. The molecule has 0 fully saturated rings. The van der Waals surface area contributed by atoms with Crippen LogP contribution in [0.2, 0.25) is 0 Å². The Morgan fingerprint density at radius 1 is 1.18 bits per heavy atom. The van der Waals surface area contributed by atoms with E-state index in [1.54, 1.807) is 6.92 Å². The van der Waals surface area contributed by atoms with Crippen LogP contribution in [0.3, 0.4) is 0 Å². The van der Waals surface area contributed by atoms with Crippen molar-refractivity contribution in [2.24, 2.45) is 0 Å². The van der Waals surface area contributed by atoms with E-state index >= 15 is 0 Å². The molecule has 4 heteroatoms. The second-order valence-electron chi connectivity index (χ2n) is 2.06. The standard InChI is InChI=1S/C7H10O3.Rh/c1-3-4-6(9)7(10)5(2)8;/h3-4H2,1-2H3;. The van der Waals surface area contributed by atoms with Crippen molar-refractivity contribution in [3.8, 4) is 0 Å². The molecule has 0 aromatic carbocycles. The fourth-order valence-electron chi connectivity index (χ4n) is 0.537. The monoisotopic (exact) mass is 245 g/mol. The van der Waals surface area contributed by atoms with Crippen LogP contribution in [-0.4, -0.2) is 17.3 Å². The van der Waals surface area contributed by atoms with Crippen LogP contribution < -0.4 is 0 Å². The van der Waals surface area contributed by atoms with E-state index in [1.807, 2.05) is 0 Å². The maximum absolute atomic E-state index is 10.6. The minimum Gasteiger partial charge on any atom is -0.291 e. The van der Waals surface area contributed by atoms with Gasteiger partial charge in [-0.2, -0.15) is 0 Å². The summed E-state index contributed by atoms with van der Waals surface area (Å²) >= 11 is 0. The van der Waals surface area contributed by atoms with Crippen LogP contribution >= 0.6 is 0 Å². The van der Waals surface area contributed by atoms with Crippen LogP contribution in [0.5, 0.6) is 0 Å². The van der Waals surface area contributed by atoms with Crippen LogP contribution in [0.1, 0.15) is 26.7 Å². The summed E-state index contributed by atoms with van der Waals surface area (Å²) in [5.41, 5.74) is 0. The van der Waals surface area contributed by atoms with Gasteiger partial charge in [-0.3, -0.25) is 14.4 Å². The van der Waals surface area contributed by atoms with Gasteiger partial charge in [-0.15, -0.1) is 0 Å². The minimum absolute atomic E-state index is 0. The summed E-state index contributed by atoms with van der Waals surface area (Å²) in [7, 11) is 0. The van der Waals surface area contributed by atoms with Gasteiger partial charge in [0, 0.05) is 32.8 Å². The summed E-state index contributed by atoms with van der Waals surface area (Å²) in [6.07, 6.45) is 0.788. The fraction of sp³-hybridized carbons (Fsp3) is 0.571. The van der Waals surface area contributed by atoms with Gasteiger partial charge in [0.2, 0.25) is 11.6 Å². The molecule has 0 unspecified atom stereocenters. The quantitative estimate of drug-likeness (QED) is 0.412. The van der Waals surface area contributed by atoms with Crippen molar-refractivity contribution >= 4 is 17.3 Å². The Morgan fingerprint density at radius 3 is 1.91 bits per heavy atom. The molecule has 0 heterocycles. The molecule has 0 bridgehead atoms. The van der Waals surface area contributed by atoms with Crippen molar-refractivity contribution in [2.45, 2.75) is 26.7 Å². The summed E-state index contributed by atoms with van der Waals surface area (Å²) in [6.45, 7) is 2.89. The Labute approximate surface area is 78.3 Å². The van der Waals surface area contributed by atoms with Crippen molar-refractivity contribution in [3.63, 3.8) is 0 Å². The first-order valence-corrected chi connectivity index (χ1v) is 3.17. The Hall–Kier alpha value is -0.367. The molecule has 0 aliphatic rings. The summed E-state index contributed by atoms with van der Waals surface area (Å²) in [6, 6.07) is 0. The molecule has 1 radical (unpaired) electrons. The fourth-order valence-corrected chi connectivity index (χ4v) is 0.537. The molecule has 0 saturated carbocycles. The molecule has 0 aromatic rings. The zero-order valence-electron chi connectivity index (χ0n) is 6.47. The van der Waals surface area contributed by atoms with Crippen LogP contribution in [0.25, 0.3) is 0 Å². The van der Waals surface area contributed by atoms with E-state index in [9.17, 15) is 14.4 Å². The third-order valence-electron chi connectivity index (χ3n) is 1.05. The van der Waals surface area contributed by atoms with E-state index in [-0.39, 0.29) is 25.9 Å². The molecule has 0 rings (SSSR count). The number of carbonyl (C=O) groups is 3. The van der Waals surface area contributed by atoms with Crippen LogP contribution in [0, 0.1) is 0 Å². The third kappa shape index (κ3) is 4.96. The Morgan fingerprint density at radius 2 is 1.64 bits per heavy atom. The van der Waals surface area contributed by atoms with Crippen molar-refractivity contribution in [1.82, 2.24) is 0 Å². The predicted molar refractivity (Wildman–Crippen MR) is 35.6 cm³/mol. The molecule has 0 saturated heterocycles. The SMILES string of the molecule is CCCC(=O)C(=O)C(C)=O.[Rh]. The van der Waals surface area contributed by atoms with Crippen LogP contribution in [-0.2, 0) is 33.9 Å². The summed E-state index contributed by atoms with van der Waals surface area (Å²) in [5.74, 6) is -2.12. The number of carbonyl (C=O) groups excluding carboxylic acids is 3. The average molecular weight is 245 g/mol. The molecule has 3 nitrogen and oxygen atoms in total. The number of hydrogen-bond acceptors (Lipinski definition) is 3. The topological polar surface area (TPSA) is 51.2 Å². The minimum atomic E-state index is -0.873. The largest absolute Gasteiger partial charge is 0.291 e. The molecule has 0 spiro atoms. The summed E-state index contributed by atoms with van der Waals surface area (Å²) in [4.78, 5) is 31.4. The van der Waals surface area contributed by atoms with E-state index in [0.717, 1.165) is 6.92 Å². The number of Topliss-reactive ketones (excluding diaryl/α,β-unsaturated/α-hetero) is 3. The van der Waals surface area contributed by atoms with E-state index in [2.05, 4.69) is 0 Å². The number of rotatable bonds is 4. The maximum atomic E-state index is 10.6. The smallest absolute Gasteiger partial charge is 0.263 e. The van der Waals surface area contributed by atoms with Gasteiger partial charge in [0.05, 0.1) is 0 Å². The first-order chi connectivity index (χ1) is 4.59. The van der Waals surface area contributed by atoms with Gasteiger partial charge >= 0.3 is 0 Å². The summed E-state index contributed by atoms with van der Waals surface area (Å²) < 4.78 is 0. The third-order valence-corrected chi connectivity index (χ3v) is 1.05. The second kappa shape index (κ2) is 6.35. The zero-order chi connectivity index (χ0) is 8.15. The van der Waals surface area contributed by atoms with Crippen LogP contribution in [0.15, 0.2) is 0 Å². The molecule has 11 heavy (non-hydrogen) atoms. The first kappa shape index (κ1) is 13.2. The van der Waals surface area contributed by atoms with E-state index in [4.69, 9.17) is 0 Å². The Bertz CT molecular complexity index is 175.